The number of non-ortho nitro benzene ring substituents is 1. The molecule has 1 aliphatic rings. The highest BCUT2D eigenvalue weighted by Gasteiger charge is 2.30. The Kier molecular flexibility index (Phi) is 5.54. The summed E-state index contributed by atoms with van der Waals surface area (Å²) in [4.78, 5) is 10.4. The molecule has 1 aromatic rings. The van der Waals surface area contributed by atoms with Crippen molar-refractivity contribution in [3.8, 4) is 0 Å². The van der Waals surface area contributed by atoms with Gasteiger partial charge in [0.1, 0.15) is 0 Å². The maximum absolute atomic E-state index is 10.7. The predicted molar refractivity (Wildman–Crippen MR) is 83.9 cm³/mol. The second-order valence-electron chi connectivity index (χ2n) is 5.47. The second kappa shape index (κ2) is 7.18. The van der Waals surface area contributed by atoms with Gasteiger partial charge in [-0.2, -0.15) is 0 Å². The molecule has 0 bridgehead atoms. The van der Waals surface area contributed by atoms with E-state index < -0.39 is 0 Å². The molecule has 1 aromatic carbocycles. The van der Waals surface area contributed by atoms with Crippen LogP contribution >= 0.6 is 15.9 Å². The molecule has 1 fully saturated rings. The van der Waals surface area contributed by atoms with Gasteiger partial charge in [0.15, 0.2) is 0 Å². The molecule has 0 saturated heterocycles. The number of hydrogen-bond donors (Lipinski definition) is 1. The Morgan fingerprint density at radius 2 is 2.25 bits per heavy atom. The first-order chi connectivity index (χ1) is 9.61. The lowest BCUT2D eigenvalue weighted by Crippen LogP contribution is -2.32. The maximum Gasteiger partial charge on any atom is 0.270 e. The molecule has 0 spiro atoms. The zero-order chi connectivity index (χ0) is 14.5. The Morgan fingerprint density at radius 3 is 2.80 bits per heavy atom. The molecule has 0 radical (unpaired) electrons. The zero-order valence-corrected chi connectivity index (χ0v) is 13.4. The van der Waals surface area contributed by atoms with Crippen molar-refractivity contribution in [3.05, 3.63) is 38.3 Å². The van der Waals surface area contributed by atoms with Gasteiger partial charge < -0.3 is 5.32 Å². The van der Waals surface area contributed by atoms with Crippen LogP contribution in [0.4, 0.5) is 5.69 Å². The number of nitro groups is 1. The van der Waals surface area contributed by atoms with E-state index in [0.717, 1.165) is 41.8 Å². The molecule has 1 N–H and O–H groups in total. The number of hydrogen-bond acceptors (Lipinski definition) is 3. The van der Waals surface area contributed by atoms with Crippen LogP contribution < -0.4 is 5.32 Å². The first kappa shape index (κ1) is 15.4. The summed E-state index contributed by atoms with van der Waals surface area (Å²) in [5, 5.41) is 14.3. The molecule has 1 atom stereocenters. The third-order valence-corrected chi connectivity index (χ3v) is 4.56. The minimum absolute atomic E-state index is 0.142. The minimum Gasteiger partial charge on any atom is -0.314 e. The largest absolute Gasteiger partial charge is 0.314 e. The number of benzene rings is 1. The van der Waals surface area contributed by atoms with Crippen molar-refractivity contribution < 1.29 is 4.92 Å². The van der Waals surface area contributed by atoms with Crippen molar-refractivity contribution in [2.45, 2.75) is 45.1 Å². The van der Waals surface area contributed by atoms with Gasteiger partial charge in [0.05, 0.1) is 4.92 Å². The third kappa shape index (κ3) is 4.28. The van der Waals surface area contributed by atoms with E-state index in [0.29, 0.717) is 6.04 Å². The summed E-state index contributed by atoms with van der Waals surface area (Å²) >= 11 is 3.45. The van der Waals surface area contributed by atoms with Crippen LogP contribution in [0.25, 0.3) is 0 Å². The summed E-state index contributed by atoms with van der Waals surface area (Å²) < 4.78 is 0.844. The van der Waals surface area contributed by atoms with E-state index in [-0.39, 0.29) is 10.6 Å². The van der Waals surface area contributed by atoms with Crippen LogP contribution in [0.3, 0.4) is 0 Å². The highest BCUT2D eigenvalue weighted by Crippen LogP contribution is 2.35. The smallest absolute Gasteiger partial charge is 0.270 e. The molecule has 5 heteroatoms. The van der Waals surface area contributed by atoms with Crippen LogP contribution in [0, 0.1) is 16.0 Å². The Bertz CT molecular complexity index is 475. The number of rotatable bonds is 8. The van der Waals surface area contributed by atoms with Gasteiger partial charge in [-0.15, -0.1) is 0 Å². The molecular weight excluding hydrogens is 320 g/mol. The minimum atomic E-state index is -0.357. The number of nitrogens with one attached hydrogen (secondary N) is 1. The van der Waals surface area contributed by atoms with E-state index in [9.17, 15) is 10.1 Å². The molecule has 1 aliphatic carbocycles. The monoisotopic (exact) mass is 340 g/mol. The van der Waals surface area contributed by atoms with E-state index in [1.807, 2.05) is 6.07 Å². The van der Waals surface area contributed by atoms with Crippen LogP contribution in [0.5, 0.6) is 0 Å². The fraction of sp³-hybridized carbons (Fsp3) is 0.600. The number of nitrogens with zero attached hydrogens (tertiary/aromatic N) is 1. The first-order valence-electron chi connectivity index (χ1n) is 7.28. The van der Waals surface area contributed by atoms with Crippen molar-refractivity contribution >= 4 is 21.6 Å². The molecule has 2 rings (SSSR count). The average Bonchev–Trinajstić information content (AvgIpc) is 3.24. The molecule has 20 heavy (non-hydrogen) atoms. The third-order valence-electron chi connectivity index (χ3n) is 3.82. The quantitative estimate of drug-likeness (QED) is 0.573. The number of aryl methyl sites for hydroxylation is 1. The van der Waals surface area contributed by atoms with Gasteiger partial charge in [0.2, 0.25) is 0 Å². The van der Waals surface area contributed by atoms with Gasteiger partial charge in [-0.1, -0.05) is 28.9 Å². The van der Waals surface area contributed by atoms with E-state index in [1.54, 1.807) is 12.1 Å². The van der Waals surface area contributed by atoms with Crippen molar-refractivity contribution in [1.82, 2.24) is 5.32 Å². The Morgan fingerprint density at radius 1 is 1.50 bits per heavy atom. The second-order valence-corrected chi connectivity index (χ2v) is 6.32. The van der Waals surface area contributed by atoms with Crippen molar-refractivity contribution in [3.63, 3.8) is 0 Å². The summed E-state index contributed by atoms with van der Waals surface area (Å²) in [5.74, 6) is 0.832. The molecule has 4 nitrogen and oxygen atoms in total. The van der Waals surface area contributed by atoms with Crippen LogP contribution in [0.1, 0.15) is 38.2 Å². The van der Waals surface area contributed by atoms with Gasteiger partial charge in [0.25, 0.3) is 5.69 Å². The van der Waals surface area contributed by atoms with Crippen molar-refractivity contribution in [2.24, 2.45) is 5.92 Å². The first-order valence-corrected chi connectivity index (χ1v) is 8.07. The van der Waals surface area contributed by atoms with E-state index in [4.69, 9.17) is 0 Å². The molecule has 1 saturated carbocycles. The van der Waals surface area contributed by atoms with Gasteiger partial charge in [0, 0.05) is 22.6 Å². The Hall–Kier alpha value is -0.940. The van der Waals surface area contributed by atoms with E-state index in [2.05, 4.69) is 28.2 Å². The maximum atomic E-state index is 10.7. The summed E-state index contributed by atoms with van der Waals surface area (Å²) in [5.41, 5.74) is 1.29. The van der Waals surface area contributed by atoms with Crippen LogP contribution in [-0.2, 0) is 6.42 Å². The number of nitro benzene ring substituents is 1. The lowest BCUT2D eigenvalue weighted by molar-refractivity contribution is -0.384. The zero-order valence-electron chi connectivity index (χ0n) is 11.8. The summed E-state index contributed by atoms with van der Waals surface area (Å²) in [6, 6.07) is 5.65. The molecule has 0 aliphatic heterocycles. The van der Waals surface area contributed by atoms with Gasteiger partial charge in [-0.05, 0) is 50.1 Å². The lowest BCUT2D eigenvalue weighted by atomic mass is 10.0. The fourth-order valence-corrected chi connectivity index (χ4v) is 3.06. The predicted octanol–water partition coefficient (Wildman–Crippen LogP) is 4.07. The van der Waals surface area contributed by atoms with Crippen LogP contribution in [-0.4, -0.2) is 17.5 Å². The molecule has 0 heterocycles. The fourth-order valence-electron chi connectivity index (χ4n) is 2.50. The molecule has 110 valence electrons. The standard InChI is InChI=1S/C15H21BrN2O2/c1-2-9-17-15(12-3-4-12)8-6-11-5-7-13(18(19)20)10-14(11)16/h5,7,10,12,15,17H,2-4,6,8-9H2,1H3. The van der Waals surface area contributed by atoms with E-state index >= 15 is 0 Å². The van der Waals surface area contributed by atoms with Gasteiger partial charge >= 0.3 is 0 Å². The van der Waals surface area contributed by atoms with Gasteiger partial charge in [-0.3, -0.25) is 10.1 Å². The van der Waals surface area contributed by atoms with Crippen molar-refractivity contribution in [2.75, 3.05) is 6.54 Å². The van der Waals surface area contributed by atoms with Gasteiger partial charge in [-0.25, -0.2) is 0 Å². The van der Waals surface area contributed by atoms with Crippen LogP contribution in [0.15, 0.2) is 22.7 Å². The normalized spacial score (nSPS) is 16.1. The topological polar surface area (TPSA) is 55.2 Å². The Labute approximate surface area is 128 Å². The average molecular weight is 341 g/mol. The Balaban J connectivity index is 1.93. The summed E-state index contributed by atoms with van der Waals surface area (Å²) in [7, 11) is 0. The molecule has 1 unspecified atom stereocenters. The highest BCUT2D eigenvalue weighted by molar-refractivity contribution is 9.10. The van der Waals surface area contributed by atoms with Crippen LogP contribution in [0.2, 0.25) is 0 Å². The molecule has 0 amide bonds. The SMILES string of the molecule is CCCNC(CCc1ccc([N+](=O)[O-])cc1Br)C1CC1. The van der Waals surface area contributed by atoms with E-state index in [1.165, 1.54) is 12.8 Å². The lowest BCUT2D eigenvalue weighted by Gasteiger charge is -2.18. The molecular formula is C15H21BrN2O2. The van der Waals surface area contributed by atoms with Crippen molar-refractivity contribution in [1.29, 1.82) is 0 Å². The highest BCUT2D eigenvalue weighted by atomic mass is 79.9. The number of halogens is 1. The summed E-state index contributed by atoms with van der Waals surface area (Å²) in [6.07, 6.45) is 5.88. The summed E-state index contributed by atoms with van der Waals surface area (Å²) in [6.45, 7) is 3.26. The molecule has 0 aromatic heterocycles.